The van der Waals surface area contributed by atoms with Crippen LogP contribution in [0.2, 0.25) is 0 Å². The Morgan fingerprint density at radius 3 is 2.65 bits per heavy atom. The molecule has 0 aliphatic carbocycles. The first kappa shape index (κ1) is 20.7. The van der Waals surface area contributed by atoms with Gasteiger partial charge < -0.3 is 19.4 Å². The average Bonchev–Trinajstić information content (AvgIpc) is 3.41. The van der Waals surface area contributed by atoms with E-state index in [1.807, 2.05) is 32.0 Å². The van der Waals surface area contributed by atoms with E-state index in [0.717, 1.165) is 40.9 Å². The summed E-state index contributed by atoms with van der Waals surface area (Å²) in [6, 6.07) is 10.0. The van der Waals surface area contributed by atoms with E-state index in [1.165, 1.54) is 6.07 Å². The minimum Gasteiger partial charge on any atom is -0.497 e. The Morgan fingerprint density at radius 1 is 1.23 bits per heavy atom. The van der Waals surface area contributed by atoms with Gasteiger partial charge in [0.15, 0.2) is 0 Å². The molecule has 1 N–H and O–H groups in total. The zero-order valence-corrected chi connectivity index (χ0v) is 17.8. The highest BCUT2D eigenvalue weighted by Gasteiger charge is 2.27. The molecular weight excluding hydrogens is 398 g/mol. The first-order valence-electron chi connectivity index (χ1n) is 10.3. The molecule has 3 aromatic rings. The zero-order valence-electron chi connectivity index (χ0n) is 17.8. The molecule has 1 aromatic heterocycles. The van der Waals surface area contributed by atoms with Crippen LogP contribution in [0, 0.1) is 17.0 Å². The number of rotatable bonds is 6. The number of hydrogen-bond acceptors (Lipinski definition) is 6. The lowest BCUT2D eigenvalue weighted by Gasteiger charge is -2.18. The Bertz CT molecular complexity index is 1150. The minimum absolute atomic E-state index is 0.107. The summed E-state index contributed by atoms with van der Waals surface area (Å²) in [5.41, 5.74) is 2.30. The lowest BCUT2D eigenvalue weighted by atomic mass is 10.1. The fourth-order valence-electron chi connectivity index (χ4n) is 4.12. The van der Waals surface area contributed by atoms with Gasteiger partial charge >= 0.3 is 0 Å². The molecule has 1 atom stereocenters. The van der Waals surface area contributed by atoms with Gasteiger partial charge in [-0.25, -0.2) is 0 Å². The maximum absolute atomic E-state index is 12.9. The number of fused-ring (bicyclic) bond motifs is 1. The summed E-state index contributed by atoms with van der Waals surface area (Å²) in [5.74, 6) is 1.21. The molecule has 1 unspecified atom stereocenters. The molecule has 2 aromatic carbocycles. The highest BCUT2D eigenvalue weighted by atomic mass is 16.6. The molecule has 4 rings (SSSR count). The lowest BCUT2D eigenvalue weighted by molar-refractivity contribution is -0.385. The van der Waals surface area contributed by atoms with Gasteiger partial charge in [0.2, 0.25) is 0 Å². The van der Waals surface area contributed by atoms with E-state index in [4.69, 9.17) is 9.15 Å². The van der Waals surface area contributed by atoms with Crippen molar-refractivity contribution in [3.63, 3.8) is 0 Å². The number of carbonyl (C=O) groups excluding carboxylic acids is 1. The highest BCUT2D eigenvalue weighted by Crippen LogP contribution is 2.34. The van der Waals surface area contributed by atoms with Gasteiger partial charge in [-0.05, 0) is 57.0 Å². The number of nitro groups is 1. The maximum atomic E-state index is 12.9. The summed E-state index contributed by atoms with van der Waals surface area (Å²) < 4.78 is 11.4. The van der Waals surface area contributed by atoms with Gasteiger partial charge in [-0.2, -0.15) is 0 Å². The van der Waals surface area contributed by atoms with E-state index < -0.39 is 4.92 Å². The standard InChI is InChI=1S/C23H25N3O5/c1-14-18-13-17(30-3)7-9-21(18)31-22(14)15(2)24-16-6-8-20(26(28)29)19(12-16)23(27)25-10-4-5-11-25/h6-9,12-13,15,24H,4-5,10-11H2,1-3H3. The van der Waals surface area contributed by atoms with Crippen LogP contribution < -0.4 is 10.1 Å². The van der Waals surface area contributed by atoms with Crippen LogP contribution in [0.15, 0.2) is 40.8 Å². The van der Waals surface area contributed by atoms with E-state index in [-0.39, 0.29) is 23.2 Å². The number of ether oxygens (including phenoxy) is 1. The second-order valence-corrected chi connectivity index (χ2v) is 7.81. The van der Waals surface area contributed by atoms with Crippen molar-refractivity contribution in [3.8, 4) is 5.75 Å². The SMILES string of the molecule is COc1ccc2oc(C(C)Nc3ccc([N+](=O)[O-])c(C(=O)N4CCCC4)c3)c(C)c2c1. The van der Waals surface area contributed by atoms with Gasteiger partial charge in [-0.15, -0.1) is 0 Å². The van der Waals surface area contributed by atoms with Crippen molar-refractivity contribution in [1.29, 1.82) is 0 Å². The number of furan rings is 1. The van der Waals surface area contributed by atoms with E-state index in [0.29, 0.717) is 18.8 Å². The molecule has 0 radical (unpaired) electrons. The van der Waals surface area contributed by atoms with Crippen LogP contribution in [-0.2, 0) is 0 Å². The fraction of sp³-hybridized carbons (Fsp3) is 0.348. The van der Waals surface area contributed by atoms with Crippen LogP contribution in [-0.4, -0.2) is 35.9 Å². The van der Waals surface area contributed by atoms with Gasteiger partial charge in [0.25, 0.3) is 11.6 Å². The summed E-state index contributed by atoms with van der Waals surface area (Å²) in [7, 11) is 1.62. The van der Waals surface area contributed by atoms with Crippen LogP contribution in [0.25, 0.3) is 11.0 Å². The smallest absolute Gasteiger partial charge is 0.282 e. The van der Waals surface area contributed by atoms with Gasteiger partial charge in [-0.1, -0.05) is 0 Å². The second kappa shape index (κ2) is 8.29. The Kier molecular flexibility index (Phi) is 5.54. The fourth-order valence-corrected chi connectivity index (χ4v) is 4.12. The number of hydrogen-bond donors (Lipinski definition) is 1. The number of nitro benzene ring substituents is 1. The summed E-state index contributed by atoms with van der Waals surface area (Å²) in [6.45, 7) is 5.19. The first-order chi connectivity index (χ1) is 14.9. The average molecular weight is 423 g/mol. The number of aryl methyl sites for hydroxylation is 1. The Hall–Kier alpha value is -3.55. The summed E-state index contributed by atoms with van der Waals surface area (Å²) in [5, 5.41) is 15.8. The van der Waals surface area contributed by atoms with E-state index in [2.05, 4.69) is 5.32 Å². The van der Waals surface area contributed by atoms with Crippen molar-refractivity contribution in [3.05, 3.63) is 63.4 Å². The summed E-state index contributed by atoms with van der Waals surface area (Å²) in [4.78, 5) is 25.5. The van der Waals surface area contributed by atoms with Crippen molar-refractivity contribution in [1.82, 2.24) is 4.90 Å². The molecule has 162 valence electrons. The van der Waals surface area contributed by atoms with E-state index in [1.54, 1.807) is 24.1 Å². The quantitative estimate of drug-likeness (QED) is 0.439. The molecule has 0 saturated carbocycles. The lowest BCUT2D eigenvalue weighted by Crippen LogP contribution is -2.28. The number of nitrogens with zero attached hydrogens (tertiary/aromatic N) is 2. The molecule has 1 amide bonds. The maximum Gasteiger partial charge on any atom is 0.282 e. The van der Waals surface area contributed by atoms with E-state index in [9.17, 15) is 14.9 Å². The monoisotopic (exact) mass is 423 g/mol. The molecule has 1 aliphatic heterocycles. The van der Waals surface area contributed by atoms with Gasteiger partial charge in [-0.3, -0.25) is 14.9 Å². The predicted octanol–water partition coefficient (Wildman–Crippen LogP) is 5.07. The van der Waals surface area contributed by atoms with Gasteiger partial charge in [0.1, 0.15) is 22.7 Å². The molecule has 2 heterocycles. The van der Waals surface area contributed by atoms with Crippen molar-refractivity contribution < 1.29 is 18.9 Å². The van der Waals surface area contributed by atoms with Crippen LogP contribution in [0.4, 0.5) is 11.4 Å². The van der Waals surface area contributed by atoms with E-state index >= 15 is 0 Å². The topological polar surface area (TPSA) is 97.8 Å². The molecule has 1 aliphatic rings. The first-order valence-corrected chi connectivity index (χ1v) is 10.3. The van der Waals surface area contributed by atoms with Crippen molar-refractivity contribution >= 4 is 28.3 Å². The number of anilines is 1. The van der Waals surface area contributed by atoms with Crippen molar-refractivity contribution in [2.45, 2.75) is 32.7 Å². The number of benzene rings is 2. The molecule has 1 fully saturated rings. The van der Waals surface area contributed by atoms with Crippen molar-refractivity contribution in [2.75, 3.05) is 25.5 Å². The zero-order chi connectivity index (χ0) is 22.1. The number of amides is 1. The molecule has 8 nitrogen and oxygen atoms in total. The third kappa shape index (κ3) is 3.93. The molecule has 0 spiro atoms. The molecular formula is C23H25N3O5. The van der Waals surface area contributed by atoms with Crippen LogP contribution in [0.5, 0.6) is 5.75 Å². The van der Waals surface area contributed by atoms with Gasteiger partial charge in [0.05, 0.1) is 18.1 Å². The molecule has 0 bridgehead atoms. The third-order valence-corrected chi connectivity index (χ3v) is 5.77. The third-order valence-electron chi connectivity index (χ3n) is 5.77. The minimum atomic E-state index is -0.507. The number of methoxy groups -OCH3 is 1. The molecule has 31 heavy (non-hydrogen) atoms. The second-order valence-electron chi connectivity index (χ2n) is 7.81. The summed E-state index contributed by atoms with van der Waals surface area (Å²) in [6.07, 6.45) is 1.84. The highest BCUT2D eigenvalue weighted by molar-refractivity contribution is 5.99. The Morgan fingerprint density at radius 2 is 1.97 bits per heavy atom. The normalized spacial score (nSPS) is 14.6. The number of likely N-dealkylation sites (tertiary alicyclic amines) is 1. The summed E-state index contributed by atoms with van der Waals surface area (Å²) >= 11 is 0. The molecule has 1 saturated heterocycles. The van der Waals surface area contributed by atoms with Crippen LogP contribution in [0.3, 0.4) is 0 Å². The number of carbonyl (C=O) groups is 1. The predicted molar refractivity (Wildman–Crippen MR) is 118 cm³/mol. The Balaban J connectivity index is 1.63. The molecule has 8 heteroatoms. The van der Waals surface area contributed by atoms with Crippen LogP contribution in [0.1, 0.15) is 47.5 Å². The van der Waals surface area contributed by atoms with Crippen LogP contribution >= 0.6 is 0 Å². The Labute approximate surface area is 179 Å². The number of nitrogens with one attached hydrogen (secondary N) is 1. The van der Waals surface area contributed by atoms with Crippen molar-refractivity contribution in [2.24, 2.45) is 0 Å². The van der Waals surface area contributed by atoms with Gasteiger partial charge in [0, 0.05) is 35.8 Å². The largest absolute Gasteiger partial charge is 0.497 e.